The van der Waals surface area contributed by atoms with Crippen LogP contribution in [-0.2, 0) is 6.54 Å². The summed E-state index contributed by atoms with van der Waals surface area (Å²) in [5.74, 6) is 0.232. The van der Waals surface area contributed by atoms with Crippen LogP contribution in [0.15, 0.2) is 63.2 Å². The van der Waals surface area contributed by atoms with Crippen LogP contribution in [0.25, 0.3) is 22.2 Å². The molecule has 0 unspecified atom stereocenters. The lowest BCUT2D eigenvalue weighted by molar-refractivity contribution is 0.481. The lowest BCUT2D eigenvalue weighted by atomic mass is 10.0. The zero-order chi connectivity index (χ0) is 19.7. The van der Waals surface area contributed by atoms with Crippen molar-refractivity contribution in [2.75, 3.05) is 0 Å². The molecule has 3 N–H and O–H groups in total. The molecule has 0 saturated carbocycles. The van der Waals surface area contributed by atoms with Gasteiger partial charge in [-0.05, 0) is 31.2 Å². The van der Waals surface area contributed by atoms with Gasteiger partial charge in [0.05, 0.1) is 16.8 Å². The third kappa shape index (κ3) is 2.81. The number of aliphatic imine (C=N–C) groups is 1. The van der Waals surface area contributed by atoms with E-state index in [0.29, 0.717) is 23.3 Å². The van der Waals surface area contributed by atoms with Gasteiger partial charge >= 0.3 is 0 Å². The van der Waals surface area contributed by atoms with Crippen LogP contribution in [-0.4, -0.2) is 31.1 Å². The first-order valence-corrected chi connectivity index (χ1v) is 8.72. The number of hydrogen-bond donors (Lipinski definition) is 3. The molecule has 0 bridgehead atoms. The number of H-pyrrole nitrogens is 2. The number of benzene rings is 1. The van der Waals surface area contributed by atoms with Crippen molar-refractivity contribution in [3.05, 3.63) is 74.9 Å². The fourth-order valence-electron chi connectivity index (χ4n) is 3.18. The molecule has 0 spiro atoms. The quantitative estimate of drug-likeness (QED) is 0.475. The number of para-hydroxylation sites is 1. The number of rotatable bonds is 4. The highest BCUT2D eigenvalue weighted by Gasteiger charge is 2.21. The van der Waals surface area contributed by atoms with E-state index >= 15 is 0 Å². The van der Waals surface area contributed by atoms with Crippen molar-refractivity contribution < 1.29 is 5.11 Å². The molecular formula is C20H17N5O3. The topological polar surface area (TPSA) is 116 Å². The number of aryl methyl sites for hydroxylation is 1. The SMILES string of the molecule is CCn1c(=O)c(-c2[nH][nH]c(=O)c2/C=N/c2ccccn2)c(O)c2ccccc21. The van der Waals surface area contributed by atoms with Crippen LogP contribution >= 0.6 is 0 Å². The predicted molar refractivity (Wildman–Crippen MR) is 107 cm³/mol. The maximum absolute atomic E-state index is 13.1. The Morgan fingerprint density at radius 1 is 1.14 bits per heavy atom. The molecule has 0 fully saturated rings. The molecule has 0 radical (unpaired) electrons. The van der Waals surface area contributed by atoms with Gasteiger partial charge in [-0.2, -0.15) is 0 Å². The Bertz CT molecular complexity index is 1300. The fraction of sp³-hybridized carbons (Fsp3) is 0.100. The molecule has 140 valence electrons. The highest BCUT2D eigenvalue weighted by molar-refractivity contribution is 5.96. The number of nitrogens with zero attached hydrogens (tertiary/aromatic N) is 3. The highest BCUT2D eigenvalue weighted by Crippen LogP contribution is 2.32. The Kier molecular flexibility index (Phi) is 4.36. The van der Waals surface area contributed by atoms with Crippen LogP contribution < -0.4 is 11.1 Å². The fourth-order valence-corrected chi connectivity index (χ4v) is 3.18. The molecule has 0 amide bonds. The molecule has 0 atom stereocenters. The average molecular weight is 375 g/mol. The van der Waals surface area contributed by atoms with Crippen LogP contribution in [0.3, 0.4) is 0 Å². The number of aromatic amines is 2. The summed E-state index contributed by atoms with van der Waals surface area (Å²) in [4.78, 5) is 33.6. The van der Waals surface area contributed by atoms with Crippen molar-refractivity contribution in [2.24, 2.45) is 4.99 Å². The van der Waals surface area contributed by atoms with Crippen molar-refractivity contribution in [2.45, 2.75) is 13.5 Å². The van der Waals surface area contributed by atoms with Gasteiger partial charge in [-0.25, -0.2) is 9.98 Å². The van der Waals surface area contributed by atoms with Crippen LogP contribution in [0, 0.1) is 0 Å². The third-order valence-corrected chi connectivity index (χ3v) is 4.50. The second-order valence-electron chi connectivity index (χ2n) is 6.10. The average Bonchev–Trinajstić information content (AvgIpc) is 3.08. The summed E-state index contributed by atoms with van der Waals surface area (Å²) in [5.41, 5.74) is 0.0986. The summed E-state index contributed by atoms with van der Waals surface area (Å²) < 4.78 is 1.55. The van der Waals surface area contributed by atoms with Crippen LogP contribution in [0.5, 0.6) is 5.75 Å². The second-order valence-corrected chi connectivity index (χ2v) is 6.10. The maximum Gasteiger partial charge on any atom is 0.273 e. The molecule has 0 aliphatic carbocycles. The van der Waals surface area contributed by atoms with E-state index in [1.54, 1.807) is 53.2 Å². The van der Waals surface area contributed by atoms with E-state index in [0.717, 1.165) is 0 Å². The Morgan fingerprint density at radius 2 is 1.93 bits per heavy atom. The molecule has 0 saturated heterocycles. The smallest absolute Gasteiger partial charge is 0.273 e. The number of aromatic nitrogens is 4. The molecule has 4 aromatic rings. The number of fused-ring (bicyclic) bond motifs is 1. The lowest BCUT2D eigenvalue weighted by Crippen LogP contribution is -2.22. The monoisotopic (exact) mass is 375 g/mol. The van der Waals surface area contributed by atoms with E-state index in [1.807, 2.05) is 6.92 Å². The molecular weight excluding hydrogens is 358 g/mol. The first kappa shape index (κ1) is 17.5. The molecule has 0 aliphatic heterocycles. The molecule has 0 aliphatic rings. The first-order valence-electron chi connectivity index (χ1n) is 8.72. The third-order valence-electron chi connectivity index (χ3n) is 4.50. The largest absolute Gasteiger partial charge is 0.506 e. The zero-order valence-corrected chi connectivity index (χ0v) is 15.0. The van der Waals surface area contributed by atoms with Gasteiger partial charge in [-0.3, -0.25) is 19.8 Å². The van der Waals surface area contributed by atoms with E-state index < -0.39 is 11.1 Å². The summed E-state index contributed by atoms with van der Waals surface area (Å²) in [6.45, 7) is 2.26. The van der Waals surface area contributed by atoms with Gasteiger partial charge in [0, 0.05) is 24.3 Å². The number of hydrogen-bond acceptors (Lipinski definition) is 5. The summed E-state index contributed by atoms with van der Waals surface area (Å²) in [6, 6.07) is 12.3. The van der Waals surface area contributed by atoms with Crippen molar-refractivity contribution >= 4 is 22.9 Å². The van der Waals surface area contributed by atoms with E-state index in [9.17, 15) is 14.7 Å². The van der Waals surface area contributed by atoms with Gasteiger partial charge in [0.1, 0.15) is 11.3 Å². The number of pyridine rings is 2. The van der Waals surface area contributed by atoms with E-state index in [2.05, 4.69) is 20.2 Å². The van der Waals surface area contributed by atoms with Crippen LogP contribution in [0.1, 0.15) is 12.5 Å². The minimum absolute atomic E-state index is 0.0152. The second kappa shape index (κ2) is 6.99. The van der Waals surface area contributed by atoms with Crippen molar-refractivity contribution in [1.29, 1.82) is 0 Å². The molecule has 28 heavy (non-hydrogen) atoms. The molecule has 1 aromatic carbocycles. The summed E-state index contributed by atoms with van der Waals surface area (Å²) in [6.07, 6.45) is 2.92. The molecule has 8 heteroatoms. The molecule has 4 rings (SSSR count). The van der Waals surface area contributed by atoms with Crippen molar-refractivity contribution in [3.8, 4) is 17.0 Å². The minimum Gasteiger partial charge on any atom is -0.506 e. The standard InChI is InChI=1S/C20H17N5O3/c1-2-25-14-8-4-3-7-12(14)18(26)16(20(25)28)17-13(19(27)24-23-17)11-22-15-9-5-6-10-21-15/h3-11,26H,2H2,1H3,(H2,23,24,27)/b22-11+. The van der Waals surface area contributed by atoms with Crippen LogP contribution in [0.2, 0.25) is 0 Å². The first-order chi connectivity index (χ1) is 13.6. The summed E-state index contributed by atoms with van der Waals surface area (Å²) in [5, 5.41) is 16.5. The van der Waals surface area contributed by atoms with Gasteiger partial charge in [-0.1, -0.05) is 18.2 Å². The summed E-state index contributed by atoms with van der Waals surface area (Å²) in [7, 11) is 0. The van der Waals surface area contributed by atoms with Crippen molar-refractivity contribution in [1.82, 2.24) is 19.7 Å². The molecule has 3 heterocycles. The lowest BCUT2D eigenvalue weighted by Gasteiger charge is -2.13. The minimum atomic E-state index is -0.454. The Balaban J connectivity index is 1.97. The number of nitrogens with one attached hydrogen (secondary N) is 2. The highest BCUT2D eigenvalue weighted by atomic mass is 16.3. The van der Waals surface area contributed by atoms with Gasteiger partial charge in [0.2, 0.25) is 0 Å². The summed E-state index contributed by atoms with van der Waals surface area (Å²) >= 11 is 0. The van der Waals surface area contributed by atoms with Gasteiger partial charge in [-0.15, -0.1) is 0 Å². The van der Waals surface area contributed by atoms with E-state index in [-0.39, 0.29) is 22.6 Å². The van der Waals surface area contributed by atoms with Crippen molar-refractivity contribution in [3.63, 3.8) is 0 Å². The maximum atomic E-state index is 13.1. The zero-order valence-electron chi connectivity index (χ0n) is 15.0. The van der Waals surface area contributed by atoms with Gasteiger partial charge in [0.15, 0.2) is 5.82 Å². The van der Waals surface area contributed by atoms with E-state index in [4.69, 9.17) is 0 Å². The van der Waals surface area contributed by atoms with Gasteiger partial charge in [0.25, 0.3) is 11.1 Å². The predicted octanol–water partition coefficient (Wildman–Crippen LogP) is 2.56. The molecule has 8 nitrogen and oxygen atoms in total. The number of aromatic hydroxyl groups is 1. The Morgan fingerprint density at radius 3 is 2.68 bits per heavy atom. The molecule has 3 aromatic heterocycles. The van der Waals surface area contributed by atoms with Gasteiger partial charge < -0.3 is 9.67 Å². The van der Waals surface area contributed by atoms with Crippen LogP contribution in [0.4, 0.5) is 5.82 Å². The normalized spacial score (nSPS) is 11.5. The Hall–Kier alpha value is -3.94. The van der Waals surface area contributed by atoms with E-state index in [1.165, 1.54) is 6.21 Å². The Labute approximate surface area is 158 Å².